The minimum absolute atomic E-state index is 0.0644. The van der Waals surface area contributed by atoms with Crippen LogP contribution in [0.2, 0.25) is 0 Å². The zero-order valence-corrected chi connectivity index (χ0v) is 22.0. The second-order valence-electron chi connectivity index (χ2n) is 13.5. The Morgan fingerprint density at radius 2 is 1.66 bits per heavy atom. The van der Waals surface area contributed by atoms with Gasteiger partial charge in [0.2, 0.25) is 5.79 Å². The summed E-state index contributed by atoms with van der Waals surface area (Å²) in [5, 5.41) is 36.4. The molecule has 4 saturated heterocycles. The van der Waals surface area contributed by atoms with Gasteiger partial charge in [0.1, 0.15) is 6.10 Å². The molecule has 4 bridgehead atoms. The van der Waals surface area contributed by atoms with E-state index in [2.05, 4.69) is 0 Å². The maximum Gasteiger partial charge on any atom is 0.342 e. The number of esters is 2. The van der Waals surface area contributed by atoms with Crippen molar-refractivity contribution in [3.63, 3.8) is 0 Å². The van der Waals surface area contributed by atoms with Gasteiger partial charge in [-0.2, -0.15) is 0 Å². The van der Waals surface area contributed by atoms with Gasteiger partial charge in [-0.1, -0.05) is 19.9 Å². The van der Waals surface area contributed by atoms with Crippen LogP contribution >= 0.6 is 0 Å². The van der Waals surface area contributed by atoms with Crippen molar-refractivity contribution in [3.8, 4) is 0 Å². The SMILES string of the molecule is C[C@H]1C(=O)O[C@@H]2C[C@@]1(C)C1C(=O)[C@]3(O)O[C@@]14C(O)(CCC1C3CC[C@@]3(O)CC=CC(=O)[C@]13C)C(=O)O[C@@]24C. The van der Waals surface area contributed by atoms with E-state index < -0.39 is 86.5 Å². The van der Waals surface area contributed by atoms with Gasteiger partial charge < -0.3 is 29.5 Å². The highest BCUT2D eigenvalue weighted by molar-refractivity contribution is 6.00. The van der Waals surface area contributed by atoms with E-state index >= 15 is 0 Å². The van der Waals surface area contributed by atoms with Crippen LogP contribution < -0.4 is 0 Å². The number of ketones is 2. The molecule has 7 aliphatic rings. The summed E-state index contributed by atoms with van der Waals surface area (Å²) in [6.07, 6.45) is 2.69. The standard InChI is InChI=1S/C28H34O10/c1-13-20(31)36-17-12-22(13,2)18-19(30)27(35)15-7-10-25(33)9-5-6-16(29)23(25,3)14(15)8-11-26(34)21(32)37-24(17,4)28(18,26)38-27/h5-6,13-15,17-18,33-35H,7-12H2,1-4H3/t13-,14?,15?,17+,18?,22+,23-,24-,25-,26?,27+,28-/m0/s1. The number of Topliss-reactive ketones (excluding diaryl/α,β-unsaturated/α-hetero) is 1. The van der Waals surface area contributed by atoms with Gasteiger partial charge >= 0.3 is 11.9 Å². The van der Waals surface area contributed by atoms with Gasteiger partial charge in [0.25, 0.3) is 0 Å². The van der Waals surface area contributed by atoms with Crippen molar-refractivity contribution >= 4 is 23.5 Å². The first-order valence-electron chi connectivity index (χ1n) is 13.6. The van der Waals surface area contributed by atoms with Crippen molar-refractivity contribution < 1.29 is 48.7 Å². The van der Waals surface area contributed by atoms with E-state index in [1.807, 2.05) is 0 Å². The molecule has 206 valence electrons. The third-order valence-electron chi connectivity index (χ3n) is 12.5. The Kier molecular flexibility index (Phi) is 4.31. The summed E-state index contributed by atoms with van der Waals surface area (Å²) < 4.78 is 18.1. The second-order valence-corrected chi connectivity index (χ2v) is 13.5. The predicted octanol–water partition coefficient (Wildman–Crippen LogP) is 0.734. The van der Waals surface area contributed by atoms with Crippen LogP contribution in [-0.4, -0.2) is 73.1 Å². The minimum atomic E-state index is -2.48. The molecular formula is C28H34O10. The summed E-state index contributed by atoms with van der Waals surface area (Å²) >= 11 is 0. The molecule has 0 amide bonds. The van der Waals surface area contributed by atoms with E-state index in [-0.39, 0.29) is 44.3 Å². The van der Waals surface area contributed by atoms with E-state index in [0.29, 0.717) is 0 Å². The van der Waals surface area contributed by atoms with Gasteiger partial charge in [0, 0.05) is 5.92 Å². The van der Waals surface area contributed by atoms with Crippen LogP contribution in [0.15, 0.2) is 12.2 Å². The Bertz CT molecular complexity index is 1260. The number of rotatable bonds is 0. The highest BCUT2D eigenvalue weighted by atomic mass is 16.7. The fraction of sp³-hybridized carbons (Fsp3) is 0.786. The molecule has 4 unspecified atom stereocenters. The topological polar surface area (TPSA) is 157 Å². The summed E-state index contributed by atoms with van der Waals surface area (Å²) in [6, 6.07) is 0. The highest BCUT2D eigenvalue weighted by Crippen LogP contribution is 2.73. The molecular weight excluding hydrogens is 496 g/mol. The average molecular weight is 531 g/mol. The van der Waals surface area contributed by atoms with Crippen LogP contribution in [0.1, 0.15) is 66.2 Å². The number of hydrogen-bond acceptors (Lipinski definition) is 10. The third kappa shape index (κ3) is 2.17. The summed E-state index contributed by atoms with van der Waals surface area (Å²) in [6.45, 7) is 6.55. The number of aliphatic hydroxyl groups is 3. The third-order valence-corrected chi connectivity index (χ3v) is 12.5. The Balaban J connectivity index is 1.49. The molecule has 10 heteroatoms. The zero-order valence-electron chi connectivity index (χ0n) is 22.0. The van der Waals surface area contributed by atoms with Crippen LogP contribution in [-0.2, 0) is 33.4 Å². The summed E-state index contributed by atoms with van der Waals surface area (Å²) in [7, 11) is 0. The Hall–Kier alpha value is -2.14. The minimum Gasteiger partial charge on any atom is -0.458 e. The van der Waals surface area contributed by atoms with E-state index in [4.69, 9.17) is 14.2 Å². The smallest absolute Gasteiger partial charge is 0.342 e. The van der Waals surface area contributed by atoms with Crippen LogP contribution in [0, 0.1) is 34.5 Å². The van der Waals surface area contributed by atoms with Gasteiger partial charge in [0.05, 0.1) is 22.9 Å². The molecule has 10 nitrogen and oxygen atoms in total. The molecule has 4 aliphatic heterocycles. The molecule has 1 spiro atoms. The van der Waals surface area contributed by atoms with Crippen molar-refractivity contribution in [3.05, 3.63) is 12.2 Å². The lowest BCUT2D eigenvalue weighted by atomic mass is 9.46. The van der Waals surface area contributed by atoms with Gasteiger partial charge in [-0.15, -0.1) is 0 Å². The predicted molar refractivity (Wildman–Crippen MR) is 126 cm³/mol. The van der Waals surface area contributed by atoms with Crippen molar-refractivity contribution in [2.24, 2.45) is 34.5 Å². The lowest BCUT2D eigenvalue weighted by Gasteiger charge is -2.62. The van der Waals surface area contributed by atoms with Crippen LogP contribution in [0.5, 0.6) is 0 Å². The van der Waals surface area contributed by atoms with Crippen LogP contribution in [0.25, 0.3) is 0 Å². The Morgan fingerprint density at radius 3 is 2.37 bits per heavy atom. The Labute approximate surface area is 219 Å². The number of carbonyl (C=O) groups excluding carboxylic acids is 4. The Morgan fingerprint density at radius 1 is 0.974 bits per heavy atom. The molecule has 3 N–H and O–H groups in total. The van der Waals surface area contributed by atoms with E-state index in [9.17, 15) is 34.5 Å². The lowest BCUT2D eigenvalue weighted by molar-refractivity contribution is -0.352. The largest absolute Gasteiger partial charge is 0.458 e. The summed E-state index contributed by atoms with van der Waals surface area (Å²) in [5.41, 5.74) is -9.99. The molecule has 3 aliphatic carbocycles. The summed E-state index contributed by atoms with van der Waals surface area (Å²) in [5.74, 6) is -8.79. The van der Waals surface area contributed by atoms with Gasteiger partial charge in [-0.25, -0.2) is 4.79 Å². The number of allylic oxidation sites excluding steroid dienone is 1. The quantitative estimate of drug-likeness (QED) is 0.382. The number of fused-ring (bicyclic) bond motifs is 9. The molecule has 6 fully saturated rings. The zero-order chi connectivity index (χ0) is 27.5. The van der Waals surface area contributed by atoms with Crippen LogP contribution in [0.4, 0.5) is 0 Å². The van der Waals surface area contributed by atoms with E-state index in [1.54, 1.807) is 26.8 Å². The molecule has 4 heterocycles. The molecule has 0 radical (unpaired) electrons. The molecule has 38 heavy (non-hydrogen) atoms. The summed E-state index contributed by atoms with van der Waals surface area (Å²) in [4.78, 5) is 54.7. The average Bonchev–Trinajstić information content (AvgIpc) is 3.19. The fourth-order valence-electron chi connectivity index (χ4n) is 9.98. The molecule has 2 saturated carbocycles. The highest BCUT2D eigenvalue weighted by Gasteiger charge is 2.92. The first kappa shape index (κ1) is 24.9. The van der Waals surface area contributed by atoms with Gasteiger partial charge in [-0.3, -0.25) is 14.4 Å². The van der Waals surface area contributed by atoms with Crippen molar-refractivity contribution in [2.45, 2.75) is 101 Å². The molecule has 0 aromatic rings. The normalized spacial score (nSPS) is 60.2. The molecule has 0 aromatic heterocycles. The van der Waals surface area contributed by atoms with Crippen molar-refractivity contribution in [2.75, 3.05) is 0 Å². The van der Waals surface area contributed by atoms with Gasteiger partial charge in [0.15, 0.2) is 28.4 Å². The number of ether oxygens (including phenoxy) is 3. The van der Waals surface area contributed by atoms with Gasteiger partial charge in [-0.05, 0) is 69.8 Å². The monoisotopic (exact) mass is 530 g/mol. The van der Waals surface area contributed by atoms with Crippen molar-refractivity contribution in [1.29, 1.82) is 0 Å². The van der Waals surface area contributed by atoms with Crippen LogP contribution in [0.3, 0.4) is 0 Å². The maximum absolute atomic E-state index is 14.6. The van der Waals surface area contributed by atoms with Crippen molar-refractivity contribution in [1.82, 2.24) is 0 Å². The molecule has 12 atom stereocenters. The number of hydrogen-bond donors (Lipinski definition) is 3. The molecule has 7 rings (SSSR count). The fourth-order valence-corrected chi connectivity index (χ4v) is 9.98. The van der Waals surface area contributed by atoms with E-state index in [0.717, 1.165) is 0 Å². The first-order valence-corrected chi connectivity index (χ1v) is 13.6. The lowest BCUT2D eigenvalue weighted by Crippen LogP contribution is -2.78. The number of carbonyl (C=O) groups is 4. The maximum atomic E-state index is 14.6. The second kappa shape index (κ2) is 6.59. The molecule has 0 aromatic carbocycles. The van der Waals surface area contributed by atoms with E-state index in [1.165, 1.54) is 13.0 Å². The first-order chi connectivity index (χ1) is 17.6.